The summed E-state index contributed by atoms with van der Waals surface area (Å²) >= 11 is 0. The summed E-state index contributed by atoms with van der Waals surface area (Å²) in [5.74, 6) is -1.12. The van der Waals surface area contributed by atoms with Crippen LogP contribution in [-0.2, 0) is 6.42 Å². The number of halogens is 3. The van der Waals surface area contributed by atoms with Crippen molar-refractivity contribution in [3.8, 4) is 5.75 Å². The fourth-order valence-electron chi connectivity index (χ4n) is 1.62. The zero-order valence-electron chi connectivity index (χ0n) is 9.94. The van der Waals surface area contributed by atoms with Crippen LogP contribution in [0.25, 0.3) is 0 Å². The second-order valence-corrected chi connectivity index (χ2v) is 3.86. The third kappa shape index (κ3) is 3.46. The molecule has 2 aromatic rings. The van der Waals surface area contributed by atoms with Crippen LogP contribution in [0.2, 0.25) is 0 Å². The molecule has 0 saturated heterocycles. The molecule has 1 amide bonds. The van der Waals surface area contributed by atoms with E-state index in [4.69, 9.17) is 5.73 Å². The van der Waals surface area contributed by atoms with Gasteiger partial charge in [0, 0.05) is 6.42 Å². The smallest absolute Gasteiger partial charge is 0.406 e. The molecular weight excluding hydrogens is 277 g/mol. The number of rotatable bonds is 4. The van der Waals surface area contributed by atoms with Crippen LogP contribution < -0.4 is 10.5 Å². The van der Waals surface area contributed by atoms with Gasteiger partial charge in [0.1, 0.15) is 5.75 Å². The highest BCUT2D eigenvalue weighted by molar-refractivity contribution is 5.91. The molecule has 0 aliphatic heterocycles. The lowest BCUT2D eigenvalue weighted by molar-refractivity contribution is -0.274. The van der Waals surface area contributed by atoms with Crippen molar-refractivity contribution in [3.63, 3.8) is 0 Å². The van der Waals surface area contributed by atoms with Crippen LogP contribution in [0, 0.1) is 0 Å². The van der Waals surface area contributed by atoms with Crippen molar-refractivity contribution in [2.75, 3.05) is 0 Å². The van der Waals surface area contributed by atoms with Gasteiger partial charge in [-0.3, -0.25) is 4.79 Å². The van der Waals surface area contributed by atoms with Crippen molar-refractivity contribution in [1.82, 2.24) is 15.4 Å². The number of amides is 1. The third-order valence-electron chi connectivity index (χ3n) is 2.36. The molecule has 0 radical (unpaired) electrons. The second kappa shape index (κ2) is 5.19. The first kappa shape index (κ1) is 13.8. The van der Waals surface area contributed by atoms with E-state index in [0.29, 0.717) is 5.56 Å². The first-order valence-corrected chi connectivity index (χ1v) is 5.39. The number of nitrogens with two attached hydrogens (primary N) is 1. The Labute approximate surface area is 110 Å². The standard InChI is InChI=1S/C11H9F3N4O2/c12-11(13,14)20-7-3-1-2-6(4-7)5-8-9(10(15)19)17-18-16-8/h1-4H,5H2,(H2,15,19)(H,16,17,18). The normalized spacial score (nSPS) is 11.3. The lowest BCUT2D eigenvalue weighted by Gasteiger charge is -2.09. The highest BCUT2D eigenvalue weighted by atomic mass is 19.4. The minimum absolute atomic E-state index is 0.0489. The number of ether oxygens (including phenoxy) is 1. The van der Waals surface area contributed by atoms with Gasteiger partial charge in [-0.05, 0) is 17.7 Å². The molecular formula is C11H9F3N4O2. The number of benzene rings is 1. The summed E-state index contributed by atoms with van der Waals surface area (Å²) in [6.07, 6.45) is -4.66. The van der Waals surface area contributed by atoms with Crippen molar-refractivity contribution >= 4 is 5.91 Å². The van der Waals surface area contributed by atoms with Gasteiger partial charge in [0.15, 0.2) is 5.69 Å². The predicted octanol–water partition coefficient (Wildman–Crippen LogP) is 1.39. The van der Waals surface area contributed by atoms with E-state index in [1.165, 1.54) is 18.2 Å². The van der Waals surface area contributed by atoms with Crippen LogP contribution in [0.15, 0.2) is 24.3 Å². The molecule has 0 aliphatic carbocycles. The van der Waals surface area contributed by atoms with Gasteiger partial charge in [-0.1, -0.05) is 12.1 Å². The van der Waals surface area contributed by atoms with Gasteiger partial charge in [-0.25, -0.2) is 0 Å². The minimum atomic E-state index is -4.76. The summed E-state index contributed by atoms with van der Waals surface area (Å²) in [4.78, 5) is 11.1. The topological polar surface area (TPSA) is 93.9 Å². The summed E-state index contributed by atoms with van der Waals surface area (Å²) in [6, 6.07) is 5.35. The summed E-state index contributed by atoms with van der Waals surface area (Å²) in [5.41, 5.74) is 5.77. The van der Waals surface area contributed by atoms with Crippen molar-refractivity contribution in [1.29, 1.82) is 0 Å². The Kier molecular flexibility index (Phi) is 3.59. The molecule has 2 rings (SSSR count). The Balaban J connectivity index is 2.20. The number of nitrogens with zero attached hydrogens (tertiary/aromatic N) is 2. The average Bonchev–Trinajstić information content (AvgIpc) is 2.75. The van der Waals surface area contributed by atoms with Crippen molar-refractivity contribution in [2.45, 2.75) is 12.8 Å². The minimum Gasteiger partial charge on any atom is -0.406 e. The summed E-state index contributed by atoms with van der Waals surface area (Å²) in [6.45, 7) is 0. The maximum absolute atomic E-state index is 12.1. The van der Waals surface area contributed by atoms with E-state index in [1.807, 2.05) is 0 Å². The Morgan fingerprint density at radius 3 is 2.75 bits per heavy atom. The van der Waals surface area contributed by atoms with Gasteiger partial charge in [0.25, 0.3) is 5.91 Å². The van der Waals surface area contributed by atoms with Crippen LogP contribution in [0.3, 0.4) is 0 Å². The fourth-order valence-corrected chi connectivity index (χ4v) is 1.62. The van der Waals surface area contributed by atoms with Crippen molar-refractivity contribution in [2.24, 2.45) is 5.73 Å². The van der Waals surface area contributed by atoms with Gasteiger partial charge in [-0.15, -0.1) is 13.2 Å². The molecule has 0 fully saturated rings. The monoisotopic (exact) mass is 286 g/mol. The lowest BCUT2D eigenvalue weighted by Crippen LogP contribution is -2.17. The number of hydrogen-bond donors (Lipinski definition) is 2. The Morgan fingerprint density at radius 2 is 2.10 bits per heavy atom. The van der Waals surface area contributed by atoms with E-state index in [2.05, 4.69) is 20.1 Å². The molecule has 1 heterocycles. The van der Waals surface area contributed by atoms with Crippen LogP contribution >= 0.6 is 0 Å². The quantitative estimate of drug-likeness (QED) is 0.888. The number of alkyl halides is 3. The number of H-pyrrole nitrogens is 1. The molecule has 0 saturated carbocycles. The summed E-state index contributed by atoms with van der Waals surface area (Å²) in [5, 5.41) is 9.55. The van der Waals surface area contributed by atoms with Gasteiger partial charge < -0.3 is 10.5 Å². The molecule has 1 aromatic carbocycles. The number of nitrogens with one attached hydrogen (secondary N) is 1. The lowest BCUT2D eigenvalue weighted by atomic mass is 10.1. The van der Waals surface area contributed by atoms with Crippen LogP contribution in [-0.4, -0.2) is 27.7 Å². The molecule has 0 atom stereocenters. The molecule has 106 valence electrons. The molecule has 0 unspecified atom stereocenters. The molecule has 6 nitrogen and oxygen atoms in total. The number of primary amides is 1. The van der Waals surface area contributed by atoms with E-state index in [9.17, 15) is 18.0 Å². The zero-order valence-corrected chi connectivity index (χ0v) is 9.94. The number of hydrogen-bond acceptors (Lipinski definition) is 4. The first-order valence-electron chi connectivity index (χ1n) is 5.39. The van der Waals surface area contributed by atoms with Crippen molar-refractivity contribution in [3.05, 3.63) is 41.2 Å². The highest BCUT2D eigenvalue weighted by Crippen LogP contribution is 2.24. The highest BCUT2D eigenvalue weighted by Gasteiger charge is 2.31. The number of aromatic amines is 1. The fraction of sp³-hybridized carbons (Fsp3) is 0.182. The van der Waals surface area contributed by atoms with E-state index in [-0.39, 0.29) is 23.6 Å². The third-order valence-corrected chi connectivity index (χ3v) is 2.36. The van der Waals surface area contributed by atoms with Gasteiger partial charge >= 0.3 is 6.36 Å². The summed E-state index contributed by atoms with van der Waals surface area (Å²) < 4.78 is 40.1. The van der Waals surface area contributed by atoms with Gasteiger partial charge in [-0.2, -0.15) is 15.4 Å². The maximum Gasteiger partial charge on any atom is 0.573 e. The van der Waals surface area contributed by atoms with Crippen molar-refractivity contribution < 1.29 is 22.7 Å². The van der Waals surface area contributed by atoms with E-state index >= 15 is 0 Å². The Morgan fingerprint density at radius 1 is 1.35 bits per heavy atom. The molecule has 9 heteroatoms. The number of carbonyl (C=O) groups excluding carboxylic acids is 1. The predicted molar refractivity (Wildman–Crippen MR) is 60.8 cm³/mol. The first-order chi connectivity index (χ1) is 9.35. The molecule has 0 aliphatic rings. The van der Waals surface area contributed by atoms with Crippen LogP contribution in [0.1, 0.15) is 21.7 Å². The SMILES string of the molecule is NC(=O)c1n[nH]nc1Cc1cccc(OC(F)(F)F)c1. The van der Waals surface area contributed by atoms with Gasteiger partial charge in [0.05, 0.1) is 5.69 Å². The number of carbonyl (C=O) groups is 1. The molecule has 3 N–H and O–H groups in total. The van der Waals surface area contributed by atoms with E-state index in [0.717, 1.165) is 0 Å². The van der Waals surface area contributed by atoms with Crippen LogP contribution in [0.4, 0.5) is 13.2 Å². The second-order valence-electron chi connectivity index (χ2n) is 3.86. The maximum atomic E-state index is 12.1. The zero-order chi connectivity index (χ0) is 14.8. The van der Waals surface area contributed by atoms with E-state index in [1.54, 1.807) is 6.07 Å². The largest absolute Gasteiger partial charge is 0.573 e. The number of aromatic nitrogens is 3. The molecule has 20 heavy (non-hydrogen) atoms. The Hall–Kier alpha value is -2.58. The Bertz CT molecular complexity index is 624. The van der Waals surface area contributed by atoms with Crippen LogP contribution in [0.5, 0.6) is 5.75 Å². The summed E-state index contributed by atoms with van der Waals surface area (Å²) in [7, 11) is 0. The van der Waals surface area contributed by atoms with Gasteiger partial charge in [0.2, 0.25) is 0 Å². The molecule has 0 bridgehead atoms. The van der Waals surface area contributed by atoms with E-state index < -0.39 is 12.3 Å². The molecule has 0 spiro atoms. The molecule has 1 aromatic heterocycles. The average molecular weight is 286 g/mol.